The number of alkyl halides is 1. The van der Waals surface area contributed by atoms with Gasteiger partial charge in [-0.25, -0.2) is 4.79 Å². The molecule has 1 atom stereocenters. The van der Waals surface area contributed by atoms with Crippen molar-refractivity contribution in [1.29, 1.82) is 0 Å². The van der Waals surface area contributed by atoms with Crippen molar-refractivity contribution < 1.29 is 19.4 Å². The highest BCUT2D eigenvalue weighted by atomic mass is 35.5. The summed E-state index contributed by atoms with van der Waals surface area (Å²) in [7, 11) is 0. The van der Waals surface area contributed by atoms with Gasteiger partial charge >= 0.3 is 5.97 Å². The molecule has 4 nitrogen and oxygen atoms in total. The van der Waals surface area contributed by atoms with E-state index in [1.165, 1.54) is 45.4 Å². The SMILES string of the molecule is CCCCCCCCCCCC(=O)C(C)(Cl)OOC(=O)CCCCC. The van der Waals surface area contributed by atoms with Gasteiger partial charge in [0.05, 0.1) is 0 Å². The van der Waals surface area contributed by atoms with Gasteiger partial charge in [0, 0.05) is 12.8 Å². The van der Waals surface area contributed by atoms with Crippen LogP contribution in [0.3, 0.4) is 0 Å². The van der Waals surface area contributed by atoms with E-state index in [9.17, 15) is 9.59 Å². The predicted octanol–water partition coefficient (Wildman–Crippen LogP) is 6.49. The van der Waals surface area contributed by atoms with Crippen LogP contribution >= 0.6 is 11.6 Å². The summed E-state index contributed by atoms with van der Waals surface area (Å²) in [6.07, 6.45) is 14.1. The van der Waals surface area contributed by atoms with E-state index < -0.39 is 11.0 Å². The van der Waals surface area contributed by atoms with E-state index in [0.29, 0.717) is 6.42 Å². The van der Waals surface area contributed by atoms with Crippen LogP contribution in [0.5, 0.6) is 0 Å². The molecule has 0 aromatic rings. The van der Waals surface area contributed by atoms with Crippen LogP contribution in [0.4, 0.5) is 0 Å². The number of carbonyl (C=O) groups is 2. The number of halogens is 1. The van der Waals surface area contributed by atoms with Crippen LogP contribution in [0.25, 0.3) is 0 Å². The fourth-order valence-corrected chi connectivity index (χ4v) is 2.68. The first kappa shape index (κ1) is 24.4. The minimum Gasteiger partial charge on any atom is -0.296 e. The molecule has 0 aliphatic carbocycles. The van der Waals surface area contributed by atoms with Crippen molar-refractivity contribution in [3.8, 4) is 0 Å². The average Bonchev–Trinajstić information content (AvgIpc) is 2.58. The quantitative estimate of drug-likeness (QED) is 0.126. The molecular formula is C20H37ClO4. The molecule has 0 amide bonds. The summed E-state index contributed by atoms with van der Waals surface area (Å²) in [5.74, 6) is -0.713. The lowest BCUT2D eigenvalue weighted by Gasteiger charge is -2.18. The van der Waals surface area contributed by atoms with Crippen LogP contribution in [0.15, 0.2) is 0 Å². The number of carbonyl (C=O) groups excluding carboxylic acids is 2. The first-order valence-corrected chi connectivity index (χ1v) is 10.4. The van der Waals surface area contributed by atoms with Gasteiger partial charge in [0.15, 0.2) is 5.78 Å². The largest absolute Gasteiger partial charge is 0.342 e. The van der Waals surface area contributed by atoms with Crippen LogP contribution in [0, 0.1) is 0 Å². The van der Waals surface area contributed by atoms with E-state index in [4.69, 9.17) is 16.5 Å². The Bertz CT molecular complexity index is 356. The molecule has 0 aromatic carbocycles. The Labute approximate surface area is 158 Å². The lowest BCUT2D eigenvalue weighted by Crippen LogP contribution is -2.33. The highest BCUT2D eigenvalue weighted by molar-refractivity contribution is 6.33. The Morgan fingerprint density at radius 2 is 1.20 bits per heavy atom. The van der Waals surface area contributed by atoms with Gasteiger partial charge in [0.1, 0.15) is 0 Å². The van der Waals surface area contributed by atoms with Gasteiger partial charge in [-0.3, -0.25) is 9.68 Å². The molecule has 0 aliphatic rings. The monoisotopic (exact) mass is 376 g/mol. The molecule has 0 spiro atoms. The van der Waals surface area contributed by atoms with Gasteiger partial charge < -0.3 is 0 Å². The summed E-state index contributed by atoms with van der Waals surface area (Å²) in [6.45, 7) is 5.71. The van der Waals surface area contributed by atoms with Crippen LogP contribution in [0.2, 0.25) is 0 Å². The van der Waals surface area contributed by atoms with Gasteiger partial charge in [-0.15, -0.1) is 0 Å². The number of Topliss-reactive ketones (excluding diaryl/α,β-unsaturated/α-hetero) is 1. The lowest BCUT2D eigenvalue weighted by atomic mass is 10.0. The molecule has 0 fully saturated rings. The van der Waals surface area contributed by atoms with Crippen molar-refractivity contribution in [2.45, 2.75) is 116 Å². The van der Waals surface area contributed by atoms with Crippen LogP contribution in [-0.4, -0.2) is 16.8 Å². The first-order chi connectivity index (χ1) is 11.9. The second-order valence-corrected chi connectivity index (χ2v) is 7.64. The van der Waals surface area contributed by atoms with E-state index in [-0.39, 0.29) is 12.2 Å². The smallest absolute Gasteiger partial charge is 0.296 e. The lowest BCUT2D eigenvalue weighted by molar-refractivity contribution is -0.299. The minimum absolute atomic E-state index is 0.238. The maximum Gasteiger partial charge on any atom is 0.342 e. The molecule has 0 N–H and O–H groups in total. The van der Waals surface area contributed by atoms with E-state index >= 15 is 0 Å². The van der Waals surface area contributed by atoms with Crippen molar-refractivity contribution in [2.24, 2.45) is 0 Å². The summed E-state index contributed by atoms with van der Waals surface area (Å²) in [5, 5.41) is -1.58. The normalized spacial score (nSPS) is 13.4. The third-order valence-electron chi connectivity index (χ3n) is 4.28. The summed E-state index contributed by atoms with van der Waals surface area (Å²) >= 11 is 6.05. The van der Waals surface area contributed by atoms with Crippen LogP contribution < -0.4 is 0 Å². The molecule has 0 radical (unpaired) electrons. The Morgan fingerprint density at radius 3 is 1.76 bits per heavy atom. The third kappa shape index (κ3) is 14.3. The highest BCUT2D eigenvalue weighted by Gasteiger charge is 2.33. The molecule has 5 heteroatoms. The van der Waals surface area contributed by atoms with Crippen molar-refractivity contribution in [3.05, 3.63) is 0 Å². The number of unbranched alkanes of at least 4 members (excludes halogenated alkanes) is 10. The van der Waals surface area contributed by atoms with Crippen molar-refractivity contribution in [1.82, 2.24) is 0 Å². The topological polar surface area (TPSA) is 52.6 Å². The molecule has 0 aromatic heterocycles. The van der Waals surface area contributed by atoms with Gasteiger partial charge in [0.2, 0.25) is 5.06 Å². The number of ketones is 1. The zero-order chi connectivity index (χ0) is 19.0. The summed E-state index contributed by atoms with van der Waals surface area (Å²) in [4.78, 5) is 33.2. The second-order valence-electron chi connectivity index (χ2n) is 6.91. The molecule has 25 heavy (non-hydrogen) atoms. The Morgan fingerprint density at radius 1 is 0.760 bits per heavy atom. The highest BCUT2D eigenvalue weighted by Crippen LogP contribution is 2.22. The predicted molar refractivity (Wildman–Crippen MR) is 102 cm³/mol. The summed E-state index contributed by atoms with van der Waals surface area (Å²) in [5.41, 5.74) is 0. The fourth-order valence-electron chi connectivity index (χ4n) is 2.55. The molecule has 0 saturated carbocycles. The van der Waals surface area contributed by atoms with Gasteiger partial charge in [-0.05, 0) is 19.8 Å². The fraction of sp³-hybridized carbons (Fsp3) is 0.900. The molecule has 0 saturated heterocycles. The molecular weight excluding hydrogens is 340 g/mol. The molecule has 0 heterocycles. The van der Waals surface area contributed by atoms with Crippen molar-refractivity contribution >= 4 is 23.4 Å². The molecule has 1 unspecified atom stereocenters. The minimum atomic E-state index is -1.58. The summed E-state index contributed by atoms with van der Waals surface area (Å²) in [6, 6.07) is 0. The van der Waals surface area contributed by atoms with Gasteiger partial charge in [-0.2, -0.15) is 4.89 Å². The van der Waals surface area contributed by atoms with Gasteiger partial charge in [0.25, 0.3) is 0 Å². The van der Waals surface area contributed by atoms with E-state index in [1.54, 1.807) is 0 Å². The van der Waals surface area contributed by atoms with E-state index in [0.717, 1.165) is 38.5 Å². The van der Waals surface area contributed by atoms with Crippen LogP contribution in [-0.2, 0) is 19.4 Å². The maximum atomic E-state index is 12.1. The van der Waals surface area contributed by atoms with E-state index in [1.807, 2.05) is 0 Å². The molecule has 0 rings (SSSR count). The molecule has 148 valence electrons. The molecule has 0 bridgehead atoms. The molecule has 0 aliphatic heterocycles. The van der Waals surface area contributed by atoms with Gasteiger partial charge in [-0.1, -0.05) is 89.7 Å². The average molecular weight is 377 g/mol. The number of hydrogen-bond acceptors (Lipinski definition) is 4. The Kier molecular flexibility index (Phi) is 15.2. The zero-order valence-electron chi connectivity index (χ0n) is 16.4. The maximum absolute atomic E-state index is 12.1. The van der Waals surface area contributed by atoms with Crippen molar-refractivity contribution in [2.75, 3.05) is 0 Å². The number of hydrogen-bond donors (Lipinski definition) is 0. The van der Waals surface area contributed by atoms with E-state index in [2.05, 4.69) is 18.7 Å². The first-order valence-electron chi connectivity index (χ1n) is 10.0. The third-order valence-corrected chi connectivity index (χ3v) is 4.55. The van der Waals surface area contributed by atoms with Crippen LogP contribution in [0.1, 0.15) is 111 Å². The summed E-state index contributed by atoms with van der Waals surface area (Å²) < 4.78 is 0. The standard InChI is InChI=1S/C20H37ClO4/c1-4-6-8-9-10-11-12-13-15-16-18(22)20(3,21)25-24-19(23)17-14-7-5-2/h4-17H2,1-3H3. The number of rotatable bonds is 17. The second kappa shape index (κ2) is 15.6. The van der Waals surface area contributed by atoms with Crippen molar-refractivity contribution in [3.63, 3.8) is 0 Å². The zero-order valence-corrected chi connectivity index (χ0v) is 17.2. The Balaban J connectivity index is 3.72. The Hall–Kier alpha value is -0.610.